The van der Waals surface area contributed by atoms with Crippen LogP contribution in [0, 0.1) is 5.82 Å². The lowest BCUT2D eigenvalue weighted by atomic mass is 10.0. The number of pyridine rings is 1. The molecule has 3 rings (SSSR count). The number of benzene rings is 1. The van der Waals surface area contributed by atoms with E-state index in [4.69, 9.17) is 0 Å². The average Bonchev–Trinajstić information content (AvgIpc) is 2.51. The first-order valence-corrected chi connectivity index (χ1v) is 6.31. The van der Waals surface area contributed by atoms with Crippen molar-refractivity contribution in [1.29, 1.82) is 0 Å². The molecule has 0 aliphatic rings. The summed E-state index contributed by atoms with van der Waals surface area (Å²) < 4.78 is 15.4. The van der Waals surface area contributed by atoms with Crippen molar-refractivity contribution >= 4 is 11.0 Å². The van der Waals surface area contributed by atoms with Crippen molar-refractivity contribution in [3.63, 3.8) is 0 Å². The standard InChI is InChI=1S/C15H12FN3O2/c1-18-13-12(14(20)19(2)15(18)21)11(7-8-17-13)9-3-5-10(16)6-4-9/h3-8H,1-2H3. The fraction of sp³-hybridized carbons (Fsp3) is 0.133. The second kappa shape index (κ2) is 4.66. The fourth-order valence-corrected chi connectivity index (χ4v) is 2.36. The number of aromatic nitrogens is 3. The third-order valence-corrected chi connectivity index (χ3v) is 3.50. The van der Waals surface area contributed by atoms with Crippen molar-refractivity contribution in [1.82, 2.24) is 14.1 Å². The van der Waals surface area contributed by atoms with E-state index in [1.54, 1.807) is 25.2 Å². The average molecular weight is 285 g/mol. The van der Waals surface area contributed by atoms with Crippen LogP contribution in [0.5, 0.6) is 0 Å². The summed E-state index contributed by atoms with van der Waals surface area (Å²) in [7, 11) is 2.98. The third-order valence-electron chi connectivity index (χ3n) is 3.50. The maximum atomic E-state index is 13.1. The number of nitrogens with zero attached hydrogens (tertiary/aromatic N) is 3. The van der Waals surface area contributed by atoms with Crippen molar-refractivity contribution in [2.45, 2.75) is 0 Å². The minimum Gasteiger partial charge on any atom is -0.280 e. The van der Waals surface area contributed by atoms with Crippen LogP contribution in [0.1, 0.15) is 0 Å². The van der Waals surface area contributed by atoms with Crippen LogP contribution in [0.25, 0.3) is 22.2 Å². The maximum absolute atomic E-state index is 13.1. The highest BCUT2D eigenvalue weighted by Crippen LogP contribution is 2.24. The van der Waals surface area contributed by atoms with Crippen LogP contribution in [-0.4, -0.2) is 14.1 Å². The molecule has 0 unspecified atom stereocenters. The molecule has 21 heavy (non-hydrogen) atoms. The van der Waals surface area contributed by atoms with Crippen molar-refractivity contribution in [3.8, 4) is 11.1 Å². The highest BCUT2D eigenvalue weighted by Gasteiger charge is 2.14. The van der Waals surface area contributed by atoms with Gasteiger partial charge >= 0.3 is 5.69 Å². The van der Waals surface area contributed by atoms with Gasteiger partial charge in [-0.2, -0.15) is 0 Å². The van der Waals surface area contributed by atoms with E-state index in [1.165, 1.54) is 29.9 Å². The maximum Gasteiger partial charge on any atom is 0.332 e. The smallest absolute Gasteiger partial charge is 0.280 e. The Kier molecular flexibility index (Phi) is 2.94. The van der Waals surface area contributed by atoms with Gasteiger partial charge in [-0.05, 0) is 29.3 Å². The molecule has 106 valence electrons. The van der Waals surface area contributed by atoms with Gasteiger partial charge in [-0.1, -0.05) is 12.1 Å². The number of rotatable bonds is 1. The summed E-state index contributed by atoms with van der Waals surface area (Å²) in [4.78, 5) is 28.5. The summed E-state index contributed by atoms with van der Waals surface area (Å²) in [6.45, 7) is 0. The van der Waals surface area contributed by atoms with E-state index < -0.39 is 11.2 Å². The zero-order valence-electron chi connectivity index (χ0n) is 11.5. The van der Waals surface area contributed by atoms with Crippen LogP contribution in [-0.2, 0) is 14.1 Å². The summed E-state index contributed by atoms with van der Waals surface area (Å²) >= 11 is 0. The molecule has 0 aliphatic heterocycles. The van der Waals surface area contributed by atoms with E-state index in [0.717, 1.165) is 4.57 Å². The molecule has 1 aromatic carbocycles. The highest BCUT2D eigenvalue weighted by atomic mass is 19.1. The lowest BCUT2D eigenvalue weighted by molar-refractivity contribution is 0.628. The minimum absolute atomic E-state index is 0.310. The van der Waals surface area contributed by atoms with Crippen molar-refractivity contribution in [2.75, 3.05) is 0 Å². The van der Waals surface area contributed by atoms with Crippen molar-refractivity contribution < 1.29 is 4.39 Å². The van der Waals surface area contributed by atoms with Gasteiger partial charge in [-0.15, -0.1) is 0 Å². The molecular formula is C15H12FN3O2. The van der Waals surface area contributed by atoms with Crippen LogP contribution in [0.3, 0.4) is 0 Å². The summed E-state index contributed by atoms with van der Waals surface area (Å²) in [5.41, 5.74) is 0.775. The molecule has 2 aromatic heterocycles. The predicted molar refractivity (Wildman–Crippen MR) is 77.6 cm³/mol. The first-order valence-electron chi connectivity index (χ1n) is 6.31. The van der Waals surface area contributed by atoms with Gasteiger partial charge in [0.2, 0.25) is 0 Å². The van der Waals surface area contributed by atoms with Gasteiger partial charge in [0.05, 0.1) is 5.39 Å². The minimum atomic E-state index is -0.434. The molecule has 3 aromatic rings. The molecule has 0 saturated carbocycles. The van der Waals surface area contributed by atoms with E-state index in [9.17, 15) is 14.0 Å². The van der Waals surface area contributed by atoms with Gasteiger partial charge in [0.25, 0.3) is 5.56 Å². The van der Waals surface area contributed by atoms with E-state index in [-0.39, 0.29) is 5.82 Å². The molecule has 2 heterocycles. The Morgan fingerprint density at radius 2 is 1.67 bits per heavy atom. The molecule has 0 spiro atoms. The molecule has 0 N–H and O–H groups in total. The Hall–Kier alpha value is -2.76. The highest BCUT2D eigenvalue weighted by molar-refractivity contribution is 5.91. The molecular weight excluding hydrogens is 273 g/mol. The largest absolute Gasteiger partial charge is 0.332 e. The SMILES string of the molecule is Cn1c(=O)c2c(-c3ccc(F)cc3)ccnc2n(C)c1=O. The predicted octanol–water partition coefficient (Wildman–Crippen LogP) is 1.44. The van der Waals surface area contributed by atoms with Crippen LogP contribution in [0.15, 0.2) is 46.1 Å². The summed E-state index contributed by atoms with van der Waals surface area (Å²) in [5, 5.41) is 0.341. The Morgan fingerprint density at radius 3 is 2.33 bits per heavy atom. The van der Waals surface area contributed by atoms with Gasteiger partial charge in [-0.3, -0.25) is 13.9 Å². The number of aryl methyl sites for hydroxylation is 1. The second-order valence-electron chi connectivity index (χ2n) is 4.77. The quantitative estimate of drug-likeness (QED) is 0.680. The zero-order valence-corrected chi connectivity index (χ0v) is 11.5. The molecule has 0 atom stereocenters. The monoisotopic (exact) mass is 285 g/mol. The van der Waals surface area contributed by atoms with Gasteiger partial charge in [0, 0.05) is 20.3 Å². The van der Waals surface area contributed by atoms with Crippen LogP contribution in [0.2, 0.25) is 0 Å². The zero-order chi connectivity index (χ0) is 15.1. The number of hydrogen-bond acceptors (Lipinski definition) is 3. The van der Waals surface area contributed by atoms with E-state index in [2.05, 4.69) is 4.98 Å². The summed E-state index contributed by atoms with van der Waals surface area (Å²) in [5.74, 6) is -0.350. The van der Waals surface area contributed by atoms with Gasteiger partial charge < -0.3 is 0 Å². The molecule has 0 amide bonds. The molecule has 0 radical (unpaired) electrons. The second-order valence-corrected chi connectivity index (χ2v) is 4.77. The van der Waals surface area contributed by atoms with E-state index in [0.29, 0.717) is 22.2 Å². The normalized spacial score (nSPS) is 11.0. The molecule has 6 heteroatoms. The lowest BCUT2D eigenvalue weighted by Crippen LogP contribution is -2.37. The Morgan fingerprint density at radius 1 is 1.00 bits per heavy atom. The molecule has 0 bridgehead atoms. The molecule has 5 nitrogen and oxygen atoms in total. The van der Waals surface area contributed by atoms with Gasteiger partial charge in [0.1, 0.15) is 11.5 Å². The number of halogens is 1. The molecule has 0 fully saturated rings. The van der Waals surface area contributed by atoms with Gasteiger partial charge in [0.15, 0.2) is 0 Å². The van der Waals surface area contributed by atoms with E-state index >= 15 is 0 Å². The lowest BCUT2D eigenvalue weighted by Gasteiger charge is -2.10. The Bertz CT molecular complexity index is 956. The van der Waals surface area contributed by atoms with Crippen LogP contribution in [0.4, 0.5) is 4.39 Å². The van der Waals surface area contributed by atoms with Crippen molar-refractivity contribution in [3.05, 3.63) is 63.2 Å². The molecule has 0 saturated heterocycles. The summed E-state index contributed by atoms with van der Waals surface area (Å²) in [6, 6.07) is 7.52. The topological polar surface area (TPSA) is 56.9 Å². The van der Waals surface area contributed by atoms with E-state index in [1.807, 2.05) is 0 Å². The summed E-state index contributed by atoms with van der Waals surface area (Å²) in [6.07, 6.45) is 1.53. The van der Waals surface area contributed by atoms with Crippen LogP contribution >= 0.6 is 0 Å². The molecule has 0 aliphatic carbocycles. The first-order chi connectivity index (χ1) is 10.0. The number of fused-ring (bicyclic) bond motifs is 1. The van der Waals surface area contributed by atoms with Crippen molar-refractivity contribution in [2.24, 2.45) is 14.1 Å². The van der Waals surface area contributed by atoms with Gasteiger partial charge in [-0.25, -0.2) is 14.2 Å². The Labute approximate surface area is 118 Å². The third kappa shape index (κ3) is 1.96. The first kappa shape index (κ1) is 13.2. The Balaban J connectivity index is 2.48. The fourth-order valence-electron chi connectivity index (χ4n) is 2.36. The number of hydrogen-bond donors (Lipinski definition) is 0. The van der Waals surface area contributed by atoms with Crippen LogP contribution < -0.4 is 11.2 Å².